The van der Waals surface area contributed by atoms with E-state index in [1.165, 1.54) is 12.1 Å². The van der Waals surface area contributed by atoms with Crippen LogP contribution in [-0.4, -0.2) is 5.60 Å². The first-order valence-electron chi connectivity index (χ1n) is 6.84. The second-order valence-electron chi connectivity index (χ2n) is 5.23. The summed E-state index contributed by atoms with van der Waals surface area (Å²) in [5, 5.41) is 0. The molecule has 3 heteroatoms. The van der Waals surface area contributed by atoms with Gasteiger partial charge in [0, 0.05) is 24.1 Å². The smallest absolute Gasteiger partial charge is 0.127 e. The average molecular weight is 251 g/mol. The van der Waals surface area contributed by atoms with Crippen LogP contribution in [0.4, 0.5) is 4.39 Å². The molecule has 1 aliphatic rings. The summed E-state index contributed by atoms with van der Waals surface area (Å²) in [5.41, 5.74) is 6.93. The molecule has 18 heavy (non-hydrogen) atoms. The van der Waals surface area contributed by atoms with Gasteiger partial charge in [-0.25, -0.2) is 4.39 Å². The number of halogens is 1. The average Bonchev–Trinajstić information content (AvgIpc) is 2.36. The van der Waals surface area contributed by atoms with Gasteiger partial charge < -0.3 is 10.5 Å². The predicted octanol–water partition coefficient (Wildman–Crippen LogP) is 3.95. The van der Waals surface area contributed by atoms with Crippen molar-refractivity contribution in [3.05, 3.63) is 29.6 Å². The first-order valence-corrected chi connectivity index (χ1v) is 6.84. The van der Waals surface area contributed by atoms with Gasteiger partial charge in [-0.3, -0.25) is 0 Å². The molecule has 1 heterocycles. The van der Waals surface area contributed by atoms with Crippen molar-refractivity contribution in [2.24, 2.45) is 5.73 Å². The van der Waals surface area contributed by atoms with Gasteiger partial charge in [-0.1, -0.05) is 26.3 Å². The van der Waals surface area contributed by atoms with Crippen molar-refractivity contribution in [1.82, 2.24) is 0 Å². The fourth-order valence-corrected chi connectivity index (χ4v) is 2.73. The van der Waals surface area contributed by atoms with Gasteiger partial charge in [-0.05, 0) is 25.3 Å². The van der Waals surface area contributed by atoms with E-state index in [1.807, 2.05) is 0 Å². The second-order valence-corrected chi connectivity index (χ2v) is 5.23. The molecule has 2 atom stereocenters. The summed E-state index contributed by atoms with van der Waals surface area (Å²) in [7, 11) is 0. The summed E-state index contributed by atoms with van der Waals surface area (Å²) < 4.78 is 19.4. The van der Waals surface area contributed by atoms with E-state index in [-0.39, 0.29) is 17.5 Å². The van der Waals surface area contributed by atoms with Gasteiger partial charge in [0.15, 0.2) is 0 Å². The largest absolute Gasteiger partial charge is 0.487 e. The van der Waals surface area contributed by atoms with Crippen LogP contribution in [0.25, 0.3) is 0 Å². The van der Waals surface area contributed by atoms with Crippen LogP contribution in [0.1, 0.15) is 57.6 Å². The van der Waals surface area contributed by atoms with Gasteiger partial charge in [0.2, 0.25) is 0 Å². The second kappa shape index (κ2) is 5.27. The molecule has 2 N–H and O–H groups in total. The predicted molar refractivity (Wildman–Crippen MR) is 71.1 cm³/mol. The molecule has 1 aromatic rings. The van der Waals surface area contributed by atoms with Crippen molar-refractivity contribution >= 4 is 0 Å². The van der Waals surface area contributed by atoms with Crippen molar-refractivity contribution in [3.8, 4) is 5.75 Å². The first kappa shape index (κ1) is 13.3. The van der Waals surface area contributed by atoms with Gasteiger partial charge in [0.1, 0.15) is 17.2 Å². The van der Waals surface area contributed by atoms with Crippen molar-refractivity contribution < 1.29 is 9.13 Å². The Hall–Kier alpha value is -1.09. The van der Waals surface area contributed by atoms with E-state index < -0.39 is 0 Å². The SMILES string of the molecule is CCCCC1(CC)C[C@@H](N)c2ccc(F)cc2O1. The molecule has 0 saturated heterocycles. The lowest BCUT2D eigenvalue weighted by Crippen LogP contribution is -2.42. The van der Waals surface area contributed by atoms with Gasteiger partial charge in [0.05, 0.1) is 0 Å². The van der Waals surface area contributed by atoms with Crippen LogP contribution in [0.5, 0.6) is 5.75 Å². The van der Waals surface area contributed by atoms with Crippen molar-refractivity contribution in [1.29, 1.82) is 0 Å². The summed E-state index contributed by atoms with van der Waals surface area (Å²) in [6.45, 7) is 4.28. The zero-order valence-electron chi connectivity index (χ0n) is 11.2. The number of nitrogens with two attached hydrogens (primary N) is 1. The fourth-order valence-electron chi connectivity index (χ4n) is 2.73. The Labute approximate surface area is 108 Å². The lowest BCUT2D eigenvalue weighted by Gasteiger charge is -2.41. The Morgan fingerprint density at radius 3 is 2.89 bits per heavy atom. The Morgan fingerprint density at radius 2 is 2.22 bits per heavy atom. The molecule has 0 radical (unpaired) electrons. The topological polar surface area (TPSA) is 35.2 Å². The van der Waals surface area contributed by atoms with E-state index in [1.54, 1.807) is 6.07 Å². The van der Waals surface area contributed by atoms with E-state index in [2.05, 4.69) is 13.8 Å². The fraction of sp³-hybridized carbons (Fsp3) is 0.600. The minimum Gasteiger partial charge on any atom is -0.487 e. The van der Waals surface area contributed by atoms with Crippen LogP contribution >= 0.6 is 0 Å². The Balaban J connectivity index is 2.29. The zero-order chi connectivity index (χ0) is 13.2. The van der Waals surface area contributed by atoms with Gasteiger partial charge in [0.25, 0.3) is 0 Å². The molecule has 0 amide bonds. The van der Waals surface area contributed by atoms with E-state index in [9.17, 15) is 4.39 Å². The zero-order valence-corrected chi connectivity index (χ0v) is 11.2. The molecule has 1 aliphatic heterocycles. The van der Waals surface area contributed by atoms with Crippen LogP contribution in [0, 0.1) is 5.82 Å². The van der Waals surface area contributed by atoms with E-state index >= 15 is 0 Å². The number of hydrogen-bond acceptors (Lipinski definition) is 2. The molecular weight excluding hydrogens is 229 g/mol. The quantitative estimate of drug-likeness (QED) is 0.879. The molecule has 1 unspecified atom stereocenters. The highest BCUT2D eigenvalue weighted by Crippen LogP contribution is 2.42. The molecule has 0 saturated carbocycles. The van der Waals surface area contributed by atoms with Gasteiger partial charge >= 0.3 is 0 Å². The highest BCUT2D eigenvalue weighted by atomic mass is 19.1. The Morgan fingerprint density at radius 1 is 1.44 bits per heavy atom. The standard InChI is InChI=1S/C15H22FNO/c1-3-5-8-15(4-2)10-13(17)12-7-6-11(16)9-14(12)18-15/h6-7,9,13H,3-5,8,10,17H2,1-2H3/t13-,15?/m1/s1. The van der Waals surface area contributed by atoms with Crippen molar-refractivity contribution in [2.45, 2.75) is 57.6 Å². The van der Waals surface area contributed by atoms with E-state index in [4.69, 9.17) is 10.5 Å². The molecule has 0 fully saturated rings. The lowest BCUT2D eigenvalue weighted by atomic mass is 9.82. The minimum atomic E-state index is -0.261. The molecule has 2 rings (SSSR count). The number of ether oxygens (including phenoxy) is 1. The van der Waals surface area contributed by atoms with Gasteiger partial charge in [-0.2, -0.15) is 0 Å². The third-order valence-corrected chi connectivity index (χ3v) is 3.92. The maximum atomic E-state index is 13.3. The summed E-state index contributed by atoms with van der Waals surface area (Å²) >= 11 is 0. The Kier molecular flexibility index (Phi) is 3.91. The third kappa shape index (κ3) is 2.51. The van der Waals surface area contributed by atoms with E-state index in [0.717, 1.165) is 37.7 Å². The summed E-state index contributed by atoms with van der Waals surface area (Å²) in [6.07, 6.45) is 4.98. The molecule has 2 nitrogen and oxygen atoms in total. The summed E-state index contributed by atoms with van der Waals surface area (Å²) in [5.74, 6) is 0.370. The maximum absolute atomic E-state index is 13.3. The monoisotopic (exact) mass is 251 g/mol. The summed E-state index contributed by atoms with van der Waals surface area (Å²) in [6, 6.07) is 4.61. The summed E-state index contributed by atoms with van der Waals surface area (Å²) in [4.78, 5) is 0. The molecule has 0 spiro atoms. The minimum absolute atomic E-state index is 0.0499. The molecule has 0 aromatic heterocycles. The van der Waals surface area contributed by atoms with Crippen molar-refractivity contribution in [2.75, 3.05) is 0 Å². The maximum Gasteiger partial charge on any atom is 0.127 e. The number of rotatable bonds is 4. The third-order valence-electron chi connectivity index (χ3n) is 3.92. The Bertz CT molecular complexity index is 421. The van der Waals surface area contributed by atoms with Crippen LogP contribution in [0.2, 0.25) is 0 Å². The van der Waals surface area contributed by atoms with Crippen molar-refractivity contribution in [3.63, 3.8) is 0 Å². The highest BCUT2D eigenvalue weighted by molar-refractivity contribution is 5.39. The van der Waals surface area contributed by atoms with Crippen LogP contribution in [0.15, 0.2) is 18.2 Å². The molecule has 0 aliphatic carbocycles. The molecule has 0 bridgehead atoms. The van der Waals surface area contributed by atoms with Gasteiger partial charge in [-0.15, -0.1) is 0 Å². The first-order chi connectivity index (χ1) is 8.60. The molecular formula is C15H22FNO. The van der Waals surface area contributed by atoms with E-state index in [0.29, 0.717) is 5.75 Å². The normalized spacial score (nSPS) is 26.6. The number of hydrogen-bond donors (Lipinski definition) is 1. The highest BCUT2D eigenvalue weighted by Gasteiger charge is 2.37. The van der Waals surface area contributed by atoms with Crippen LogP contribution in [0.3, 0.4) is 0 Å². The number of benzene rings is 1. The number of unbranched alkanes of at least 4 members (excludes halogenated alkanes) is 1. The van der Waals surface area contributed by atoms with Crippen LogP contribution in [-0.2, 0) is 0 Å². The number of fused-ring (bicyclic) bond motifs is 1. The lowest BCUT2D eigenvalue weighted by molar-refractivity contribution is 0.0214. The van der Waals surface area contributed by atoms with Crippen LogP contribution < -0.4 is 10.5 Å². The molecule has 1 aromatic carbocycles. The molecule has 100 valence electrons.